The molecule has 0 spiro atoms. The van der Waals surface area contributed by atoms with Gasteiger partial charge in [0.05, 0.1) is 23.1 Å². The number of aromatic nitrogens is 4. The van der Waals surface area contributed by atoms with Gasteiger partial charge in [0, 0.05) is 30.1 Å². The predicted molar refractivity (Wildman–Crippen MR) is 82.0 cm³/mol. The zero-order valence-electron chi connectivity index (χ0n) is 12.2. The van der Waals surface area contributed by atoms with Crippen LogP contribution in [0, 0.1) is 13.8 Å². The summed E-state index contributed by atoms with van der Waals surface area (Å²) in [5, 5.41) is 10.7. The Morgan fingerprint density at radius 1 is 1.45 bits per heavy atom. The Labute approximate surface area is 131 Å². The normalized spacial score (nSPS) is 10.8. The maximum atomic E-state index is 11.9. The van der Waals surface area contributed by atoms with Gasteiger partial charge in [-0.15, -0.1) is 11.3 Å². The van der Waals surface area contributed by atoms with E-state index in [0.717, 1.165) is 18.7 Å². The number of amides is 1. The number of hydrogen-bond donors (Lipinski definition) is 1. The van der Waals surface area contributed by atoms with Crippen molar-refractivity contribution in [3.63, 3.8) is 0 Å². The number of anilines is 1. The summed E-state index contributed by atoms with van der Waals surface area (Å²) in [6.07, 6.45) is 4.28. The first-order chi connectivity index (χ1) is 10.6. The van der Waals surface area contributed by atoms with Crippen LogP contribution in [0.5, 0.6) is 0 Å². The largest absolute Gasteiger partial charge is 0.361 e. The molecular formula is C14H15N5O2S. The van der Waals surface area contributed by atoms with Crippen LogP contribution < -0.4 is 5.32 Å². The van der Waals surface area contributed by atoms with Crippen LogP contribution in [0.2, 0.25) is 0 Å². The fourth-order valence-corrected chi connectivity index (χ4v) is 2.77. The Bertz CT molecular complexity index is 789. The number of carbonyl (C=O) groups excluding carboxylic acids is 1. The zero-order valence-corrected chi connectivity index (χ0v) is 13.1. The summed E-state index contributed by atoms with van der Waals surface area (Å²) in [5.74, 6) is 0.287. The lowest BCUT2D eigenvalue weighted by atomic mass is 10.3. The van der Waals surface area contributed by atoms with Gasteiger partial charge < -0.3 is 9.84 Å². The number of carbonyl (C=O) groups is 1. The van der Waals surface area contributed by atoms with Crippen molar-refractivity contribution in [2.75, 3.05) is 5.32 Å². The number of nitrogens with one attached hydrogen (secondary N) is 1. The number of thiazole rings is 1. The van der Waals surface area contributed by atoms with Crippen molar-refractivity contribution in [3.8, 4) is 0 Å². The summed E-state index contributed by atoms with van der Waals surface area (Å²) in [6.45, 7) is 4.48. The molecule has 3 aromatic heterocycles. The van der Waals surface area contributed by atoms with Gasteiger partial charge in [-0.2, -0.15) is 5.10 Å². The van der Waals surface area contributed by atoms with Crippen LogP contribution in [-0.2, 0) is 13.0 Å². The average molecular weight is 317 g/mol. The molecular weight excluding hydrogens is 302 g/mol. The second-order valence-corrected chi connectivity index (χ2v) is 5.82. The quantitative estimate of drug-likeness (QED) is 0.781. The highest BCUT2D eigenvalue weighted by atomic mass is 32.1. The summed E-state index contributed by atoms with van der Waals surface area (Å²) in [4.78, 5) is 17.4. The Morgan fingerprint density at radius 2 is 2.32 bits per heavy atom. The first kappa shape index (κ1) is 14.5. The van der Waals surface area contributed by atoms with E-state index in [1.165, 1.54) is 4.88 Å². The van der Waals surface area contributed by atoms with Crippen LogP contribution in [0.1, 0.15) is 26.8 Å². The molecule has 7 nitrogen and oxygen atoms in total. The molecule has 3 aromatic rings. The Kier molecular flexibility index (Phi) is 4.01. The van der Waals surface area contributed by atoms with Crippen molar-refractivity contribution in [3.05, 3.63) is 46.0 Å². The van der Waals surface area contributed by atoms with Crippen LogP contribution in [0.15, 0.2) is 28.5 Å². The van der Waals surface area contributed by atoms with Crippen molar-refractivity contribution >= 4 is 22.9 Å². The van der Waals surface area contributed by atoms with Crippen LogP contribution >= 0.6 is 11.3 Å². The van der Waals surface area contributed by atoms with Gasteiger partial charge in [0.1, 0.15) is 5.76 Å². The maximum absolute atomic E-state index is 11.9. The summed E-state index contributed by atoms with van der Waals surface area (Å²) in [7, 11) is 0. The highest BCUT2D eigenvalue weighted by Gasteiger charge is 2.12. The Hall–Kier alpha value is -2.48. The average Bonchev–Trinajstić information content (AvgIpc) is 3.19. The lowest BCUT2D eigenvalue weighted by molar-refractivity contribution is 0.101. The van der Waals surface area contributed by atoms with Crippen LogP contribution in [0.25, 0.3) is 0 Å². The molecule has 0 aliphatic rings. The monoisotopic (exact) mass is 317 g/mol. The molecule has 0 unspecified atom stereocenters. The third-order valence-electron chi connectivity index (χ3n) is 3.16. The lowest BCUT2D eigenvalue weighted by Gasteiger charge is -2.00. The molecule has 0 aromatic carbocycles. The van der Waals surface area contributed by atoms with Gasteiger partial charge in [-0.1, -0.05) is 5.16 Å². The standard InChI is InChI=1S/C14H15N5O2S/c1-9-5-12(18-21-9)14(20)17-11-6-16-19(7-11)4-3-13-10(2)15-8-22-13/h5-8H,3-4H2,1-2H3,(H,17,20). The van der Waals surface area contributed by atoms with Gasteiger partial charge in [0.15, 0.2) is 5.69 Å². The van der Waals surface area contributed by atoms with Crippen molar-refractivity contribution in [1.29, 1.82) is 0 Å². The molecule has 1 amide bonds. The van der Waals surface area contributed by atoms with E-state index >= 15 is 0 Å². The van der Waals surface area contributed by atoms with Crippen molar-refractivity contribution in [2.24, 2.45) is 0 Å². The Balaban J connectivity index is 1.59. The molecule has 8 heteroatoms. The number of nitrogens with zero attached hydrogens (tertiary/aromatic N) is 4. The maximum Gasteiger partial charge on any atom is 0.277 e. The summed E-state index contributed by atoms with van der Waals surface area (Å²) < 4.78 is 6.68. The topological polar surface area (TPSA) is 85.8 Å². The molecule has 0 bridgehead atoms. The van der Waals surface area contributed by atoms with Crippen molar-refractivity contribution < 1.29 is 9.32 Å². The van der Waals surface area contributed by atoms with Crippen molar-refractivity contribution in [1.82, 2.24) is 19.9 Å². The molecule has 0 saturated carbocycles. The fourth-order valence-electron chi connectivity index (χ4n) is 2.00. The van der Waals surface area contributed by atoms with E-state index in [9.17, 15) is 4.79 Å². The first-order valence-electron chi connectivity index (χ1n) is 6.78. The molecule has 0 radical (unpaired) electrons. The molecule has 0 aliphatic carbocycles. The van der Waals surface area contributed by atoms with Gasteiger partial charge in [0.2, 0.25) is 0 Å². The third-order valence-corrected chi connectivity index (χ3v) is 4.16. The summed E-state index contributed by atoms with van der Waals surface area (Å²) in [6, 6.07) is 1.59. The van der Waals surface area contributed by atoms with E-state index in [1.807, 2.05) is 12.4 Å². The van der Waals surface area contributed by atoms with E-state index in [4.69, 9.17) is 4.52 Å². The number of hydrogen-bond acceptors (Lipinski definition) is 6. The van der Waals surface area contributed by atoms with Gasteiger partial charge in [-0.25, -0.2) is 4.98 Å². The van der Waals surface area contributed by atoms with E-state index in [1.54, 1.807) is 41.4 Å². The van der Waals surface area contributed by atoms with Crippen LogP contribution in [-0.4, -0.2) is 25.8 Å². The minimum absolute atomic E-state index is 0.255. The highest BCUT2D eigenvalue weighted by Crippen LogP contribution is 2.14. The third kappa shape index (κ3) is 3.22. The predicted octanol–water partition coefficient (Wildman–Crippen LogP) is 2.44. The zero-order chi connectivity index (χ0) is 15.5. The van der Waals surface area contributed by atoms with Crippen molar-refractivity contribution in [2.45, 2.75) is 26.8 Å². The molecule has 3 rings (SSSR count). The lowest BCUT2D eigenvalue weighted by Crippen LogP contribution is -2.11. The van der Waals surface area contributed by atoms with E-state index < -0.39 is 0 Å². The van der Waals surface area contributed by atoms with E-state index in [-0.39, 0.29) is 11.6 Å². The van der Waals surface area contributed by atoms with Gasteiger partial charge in [-0.05, 0) is 13.8 Å². The minimum atomic E-state index is -0.310. The second-order valence-electron chi connectivity index (χ2n) is 4.88. The van der Waals surface area contributed by atoms with Gasteiger partial charge in [-0.3, -0.25) is 9.48 Å². The number of aryl methyl sites for hydroxylation is 4. The first-order valence-corrected chi connectivity index (χ1v) is 7.66. The van der Waals surface area contributed by atoms with Crippen LogP contribution in [0.3, 0.4) is 0 Å². The van der Waals surface area contributed by atoms with E-state index in [0.29, 0.717) is 11.4 Å². The van der Waals surface area contributed by atoms with Crippen LogP contribution in [0.4, 0.5) is 5.69 Å². The second kappa shape index (κ2) is 6.10. The minimum Gasteiger partial charge on any atom is -0.361 e. The molecule has 0 saturated heterocycles. The Morgan fingerprint density at radius 3 is 3.00 bits per heavy atom. The smallest absolute Gasteiger partial charge is 0.277 e. The highest BCUT2D eigenvalue weighted by molar-refractivity contribution is 7.09. The molecule has 0 atom stereocenters. The molecule has 1 N–H and O–H groups in total. The number of rotatable bonds is 5. The molecule has 22 heavy (non-hydrogen) atoms. The summed E-state index contributed by atoms with van der Waals surface area (Å²) in [5.41, 5.74) is 3.79. The fraction of sp³-hybridized carbons (Fsp3) is 0.286. The SMILES string of the molecule is Cc1cc(C(=O)Nc2cnn(CCc3scnc3C)c2)no1. The van der Waals surface area contributed by atoms with Gasteiger partial charge in [0.25, 0.3) is 5.91 Å². The van der Waals surface area contributed by atoms with E-state index in [2.05, 4.69) is 20.6 Å². The molecule has 0 fully saturated rings. The molecule has 0 aliphatic heterocycles. The summed E-state index contributed by atoms with van der Waals surface area (Å²) >= 11 is 1.65. The van der Waals surface area contributed by atoms with Gasteiger partial charge >= 0.3 is 0 Å². The molecule has 3 heterocycles. The molecule has 114 valence electrons.